The first-order valence-corrected chi connectivity index (χ1v) is 10.4. The zero-order valence-electron chi connectivity index (χ0n) is 18.0. The highest BCUT2D eigenvalue weighted by Gasteiger charge is 2.35. The number of ether oxygens (including phenoxy) is 1. The maximum absolute atomic E-state index is 6.07. The fraction of sp³-hybridized carbons (Fsp3) is 0.810. The van der Waals surface area contributed by atoms with E-state index in [-0.39, 0.29) is 11.5 Å². The molecule has 2 rings (SSSR count). The van der Waals surface area contributed by atoms with E-state index in [0.29, 0.717) is 18.4 Å². The second-order valence-electron chi connectivity index (χ2n) is 8.60. The molecule has 1 aromatic heterocycles. The number of aromatic nitrogens is 1. The quantitative estimate of drug-likeness (QED) is 0.552. The van der Waals surface area contributed by atoms with E-state index >= 15 is 0 Å². The summed E-state index contributed by atoms with van der Waals surface area (Å²) in [4.78, 5) is 4.34. The van der Waals surface area contributed by atoms with Crippen molar-refractivity contribution in [2.75, 3.05) is 20.2 Å². The molecule has 2 unspecified atom stereocenters. The van der Waals surface area contributed by atoms with E-state index in [1.807, 2.05) is 0 Å². The van der Waals surface area contributed by atoms with Crippen LogP contribution in [0.25, 0.3) is 0 Å². The molecule has 1 saturated heterocycles. The topological polar surface area (TPSA) is 71.7 Å². The Morgan fingerprint density at radius 1 is 1.30 bits per heavy atom. The zero-order chi connectivity index (χ0) is 19.9. The summed E-state index contributed by atoms with van der Waals surface area (Å²) in [7, 11) is 1.80. The van der Waals surface area contributed by atoms with Crippen LogP contribution >= 0.6 is 0 Å². The number of hydrogen-bond acceptors (Lipinski definition) is 4. The predicted octanol–water partition coefficient (Wildman–Crippen LogP) is 4.08. The number of rotatable bonds is 7. The van der Waals surface area contributed by atoms with Gasteiger partial charge in [-0.3, -0.25) is 4.99 Å². The van der Waals surface area contributed by atoms with Gasteiger partial charge in [-0.25, -0.2) is 0 Å². The Morgan fingerprint density at radius 3 is 2.67 bits per heavy atom. The Kier molecular flexibility index (Phi) is 8.14. The highest BCUT2D eigenvalue weighted by molar-refractivity contribution is 5.79. The monoisotopic (exact) mass is 378 g/mol. The van der Waals surface area contributed by atoms with E-state index < -0.39 is 0 Å². The van der Waals surface area contributed by atoms with Crippen molar-refractivity contribution in [3.63, 3.8) is 0 Å². The van der Waals surface area contributed by atoms with Crippen molar-refractivity contribution in [1.29, 1.82) is 0 Å². The van der Waals surface area contributed by atoms with Gasteiger partial charge in [0.25, 0.3) is 0 Å². The molecule has 27 heavy (non-hydrogen) atoms. The van der Waals surface area contributed by atoms with Gasteiger partial charge in [0, 0.05) is 38.1 Å². The number of aliphatic imine (C=N–C) groups is 1. The lowest BCUT2D eigenvalue weighted by molar-refractivity contribution is -0.0835. The van der Waals surface area contributed by atoms with Gasteiger partial charge >= 0.3 is 0 Å². The Bertz CT molecular complexity index is 587. The smallest absolute Gasteiger partial charge is 0.191 e. The largest absolute Gasteiger partial charge is 0.377 e. The summed E-state index contributed by atoms with van der Waals surface area (Å²) in [5.74, 6) is 2.59. The van der Waals surface area contributed by atoms with E-state index in [4.69, 9.17) is 9.26 Å². The lowest BCUT2D eigenvalue weighted by Crippen LogP contribution is -2.47. The van der Waals surface area contributed by atoms with Crippen LogP contribution in [0.3, 0.4) is 0 Å². The summed E-state index contributed by atoms with van der Waals surface area (Å²) in [6.45, 7) is 13.4. The van der Waals surface area contributed by atoms with Crippen LogP contribution in [0.15, 0.2) is 15.6 Å². The highest BCUT2D eigenvalue weighted by atomic mass is 16.5. The molecule has 6 heteroatoms. The van der Waals surface area contributed by atoms with Crippen molar-refractivity contribution >= 4 is 5.96 Å². The first-order chi connectivity index (χ1) is 12.9. The normalized spacial score (nSPS) is 21.5. The molecule has 0 amide bonds. The lowest BCUT2D eigenvalue weighted by Gasteiger charge is -2.40. The Hall–Kier alpha value is -1.56. The first kappa shape index (κ1) is 21.7. The lowest BCUT2D eigenvalue weighted by atomic mass is 9.78. The maximum Gasteiger partial charge on any atom is 0.191 e. The Balaban J connectivity index is 1.85. The van der Waals surface area contributed by atoms with Crippen LogP contribution < -0.4 is 10.6 Å². The molecule has 0 bridgehead atoms. The van der Waals surface area contributed by atoms with Crippen LogP contribution in [0, 0.1) is 11.3 Å². The SMILES string of the molecule is CCC(CC)c1cc(CNC(=NC)NCC2CCCOC2C(C)(C)C)on1. The summed E-state index contributed by atoms with van der Waals surface area (Å²) >= 11 is 0. The van der Waals surface area contributed by atoms with Crippen LogP contribution in [0.4, 0.5) is 0 Å². The van der Waals surface area contributed by atoms with Gasteiger partial charge in [-0.15, -0.1) is 0 Å². The standard InChI is InChI=1S/C21H38N4O2/c1-7-15(8-2)18-12-17(27-25-18)14-24-20(22-6)23-13-16-10-9-11-26-19(16)21(3,4)5/h12,15-16,19H,7-11,13-14H2,1-6H3,(H2,22,23,24). The van der Waals surface area contributed by atoms with Crippen LogP contribution in [0.5, 0.6) is 0 Å². The molecule has 0 saturated carbocycles. The van der Waals surface area contributed by atoms with Gasteiger partial charge in [0.05, 0.1) is 18.3 Å². The summed E-state index contributed by atoms with van der Waals surface area (Å²) in [6, 6.07) is 2.06. The molecule has 0 aliphatic carbocycles. The third-order valence-corrected chi connectivity index (χ3v) is 5.46. The average molecular weight is 379 g/mol. The van der Waals surface area contributed by atoms with Crippen molar-refractivity contribution in [3.05, 3.63) is 17.5 Å². The third-order valence-electron chi connectivity index (χ3n) is 5.46. The fourth-order valence-electron chi connectivity index (χ4n) is 3.94. The first-order valence-electron chi connectivity index (χ1n) is 10.4. The van der Waals surface area contributed by atoms with Crippen molar-refractivity contribution in [1.82, 2.24) is 15.8 Å². The minimum absolute atomic E-state index is 0.148. The minimum atomic E-state index is 0.148. The average Bonchev–Trinajstić information content (AvgIpc) is 3.11. The third kappa shape index (κ3) is 6.23. The molecule has 6 nitrogen and oxygen atoms in total. The van der Waals surface area contributed by atoms with E-state index in [1.54, 1.807) is 7.05 Å². The van der Waals surface area contributed by atoms with Crippen molar-refractivity contribution < 1.29 is 9.26 Å². The van der Waals surface area contributed by atoms with E-state index in [2.05, 4.69) is 61.5 Å². The van der Waals surface area contributed by atoms with Gasteiger partial charge in [0.15, 0.2) is 11.7 Å². The van der Waals surface area contributed by atoms with Crippen molar-refractivity contribution in [2.45, 2.75) is 78.9 Å². The minimum Gasteiger partial charge on any atom is -0.377 e. The number of guanidine groups is 1. The second kappa shape index (κ2) is 10.1. The molecule has 0 radical (unpaired) electrons. The van der Waals surface area contributed by atoms with Crippen LogP contribution in [0.2, 0.25) is 0 Å². The fourth-order valence-corrected chi connectivity index (χ4v) is 3.94. The van der Waals surface area contributed by atoms with Crippen LogP contribution in [-0.2, 0) is 11.3 Å². The van der Waals surface area contributed by atoms with E-state index in [0.717, 1.165) is 49.8 Å². The summed E-state index contributed by atoms with van der Waals surface area (Å²) in [5, 5.41) is 11.0. The van der Waals surface area contributed by atoms with Gasteiger partial charge in [-0.05, 0) is 31.1 Å². The van der Waals surface area contributed by atoms with Crippen LogP contribution in [-0.4, -0.2) is 37.4 Å². The van der Waals surface area contributed by atoms with Gasteiger partial charge in [-0.2, -0.15) is 0 Å². The number of hydrogen-bond donors (Lipinski definition) is 2. The highest BCUT2D eigenvalue weighted by Crippen LogP contribution is 2.33. The van der Waals surface area contributed by atoms with Crippen LogP contribution in [0.1, 0.15) is 77.7 Å². The van der Waals surface area contributed by atoms with Gasteiger partial charge in [-0.1, -0.05) is 39.8 Å². The van der Waals surface area contributed by atoms with E-state index in [9.17, 15) is 0 Å². The predicted molar refractivity (Wildman–Crippen MR) is 110 cm³/mol. The molecule has 1 aliphatic heterocycles. The van der Waals surface area contributed by atoms with Crippen molar-refractivity contribution in [2.24, 2.45) is 16.3 Å². The van der Waals surface area contributed by atoms with E-state index in [1.165, 1.54) is 6.42 Å². The molecule has 1 aliphatic rings. The molecule has 0 aromatic carbocycles. The maximum atomic E-state index is 6.07. The summed E-state index contributed by atoms with van der Waals surface area (Å²) in [5.41, 5.74) is 1.20. The Morgan fingerprint density at radius 2 is 2.04 bits per heavy atom. The molecule has 2 N–H and O–H groups in total. The zero-order valence-corrected chi connectivity index (χ0v) is 18.0. The molecular weight excluding hydrogens is 340 g/mol. The molecule has 1 aromatic rings. The summed E-state index contributed by atoms with van der Waals surface area (Å²) in [6.07, 6.45) is 4.75. The van der Waals surface area contributed by atoms with Gasteiger partial charge in [0.1, 0.15) is 0 Å². The Labute approximate surface area is 164 Å². The summed E-state index contributed by atoms with van der Waals surface area (Å²) < 4.78 is 11.6. The second-order valence-corrected chi connectivity index (χ2v) is 8.60. The molecule has 2 atom stereocenters. The number of nitrogens with zero attached hydrogens (tertiary/aromatic N) is 2. The molecule has 2 heterocycles. The van der Waals surface area contributed by atoms with Gasteiger partial charge in [0.2, 0.25) is 0 Å². The number of nitrogens with one attached hydrogen (secondary N) is 2. The molecule has 0 spiro atoms. The molecular formula is C21H38N4O2. The molecule has 154 valence electrons. The molecule has 1 fully saturated rings. The van der Waals surface area contributed by atoms with Crippen molar-refractivity contribution in [3.8, 4) is 0 Å². The van der Waals surface area contributed by atoms with Gasteiger partial charge < -0.3 is 19.9 Å².